The molecular formula is C15H28N2O. The number of rotatable bonds is 5. The Morgan fingerprint density at radius 2 is 2.06 bits per heavy atom. The van der Waals surface area contributed by atoms with Crippen molar-refractivity contribution in [3.8, 4) is 0 Å². The Balaban J connectivity index is 1.85. The monoisotopic (exact) mass is 252 g/mol. The average molecular weight is 252 g/mol. The Kier molecular flexibility index (Phi) is 4.66. The van der Waals surface area contributed by atoms with Gasteiger partial charge >= 0.3 is 0 Å². The predicted molar refractivity (Wildman–Crippen MR) is 74.4 cm³/mol. The maximum atomic E-state index is 11.8. The first-order valence-electron chi connectivity index (χ1n) is 7.66. The Hall–Kier alpha value is -0.570. The van der Waals surface area contributed by atoms with E-state index in [4.69, 9.17) is 0 Å². The van der Waals surface area contributed by atoms with Crippen molar-refractivity contribution in [1.29, 1.82) is 0 Å². The summed E-state index contributed by atoms with van der Waals surface area (Å²) in [6, 6.07) is 1.14. The molecule has 1 saturated carbocycles. The summed E-state index contributed by atoms with van der Waals surface area (Å²) in [4.78, 5) is 14.4. The number of hydrogen-bond donors (Lipinski definition) is 1. The second-order valence-corrected chi connectivity index (χ2v) is 6.31. The minimum Gasteiger partial charge on any atom is -0.352 e. The van der Waals surface area contributed by atoms with Gasteiger partial charge < -0.3 is 5.32 Å². The Morgan fingerprint density at radius 3 is 2.61 bits per heavy atom. The Morgan fingerprint density at radius 1 is 1.33 bits per heavy atom. The van der Waals surface area contributed by atoms with Crippen LogP contribution < -0.4 is 5.32 Å². The van der Waals surface area contributed by atoms with Gasteiger partial charge in [-0.15, -0.1) is 0 Å². The summed E-state index contributed by atoms with van der Waals surface area (Å²) >= 11 is 0. The van der Waals surface area contributed by atoms with Gasteiger partial charge in [0, 0.05) is 24.5 Å². The molecule has 1 aliphatic carbocycles. The smallest absolute Gasteiger partial charge is 0.222 e. The van der Waals surface area contributed by atoms with E-state index in [1.165, 1.54) is 32.2 Å². The van der Waals surface area contributed by atoms with Gasteiger partial charge in [-0.25, -0.2) is 0 Å². The molecule has 1 saturated heterocycles. The fraction of sp³-hybridized carbons (Fsp3) is 0.933. The van der Waals surface area contributed by atoms with E-state index in [1.807, 2.05) is 13.8 Å². The molecule has 0 aromatic heterocycles. The number of nitrogens with one attached hydrogen (secondary N) is 1. The first-order valence-corrected chi connectivity index (χ1v) is 7.66. The third-order valence-electron chi connectivity index (χ3n) is 4.38. The van der Waals surface area contributed by atoms with Gasteiger partial charge in [-0.2, -0.15) is 0 Å². The van der Waals surface area contributed by atoms with Crippen molar-refractivity contribution < 1.29 is 4.79 Å². The highest BCUT2D eigenvalue weighted by atomic mass is 16.1. The molecule has 3 heteroatoms. The van der Waals surface area contributed by atoms with E-state index in [0.29, 0.717) is 6.04 Å². The third-order valence-corrected chi connectivity index (χ3v) is 4.38. The van der Waals surface area contributed by atoms with E-state index in [-0.39, 0.29) is 11.8 Å². The Bertz CT molecular complexity index is 286. The number of carbonyl (C=O) groups excluding carboxylic acids is 1. The van der Waals surface area contributed by atoms with Gasteiger partial charge in [-0.05, 0) is 44.6 Å². The molecule has 0 bridgehead atoms. The largest absolute Gasteiger partial charge is 0.352 e. The molecule has 1 N–H and O–H groups in total. The maximum Gasteiger partial charge on any atom is 0.222 e. The van der Waals surface area contributed by atoms with Gasteiger partial charge in [-0.1, -0.05) is 20.8 Å². The summed E-state index contributed by atoms with van der Waals surface area (Å²) in [5, 5.41) is 3.21. The van der Waals surface area contributed by atoms with Crippen molar-refractivity contribution in [2.75, 3.05) is 13.1 Å². The molecule has 2 fully saturated rings. The normalized spacial score (nSPS) is 27.2. The van der Waals surface area contributed by atoms with Crippen molar-refractivity contribution in [2.45, 2.75) is 65.0 Å². The molecule has 104 valence electrons. The predicted octanol–water partition coefficient (Wildman–Crippen LogP) is 2.41. The van der Waals surface area contributed by atoms with Crippen LogP contribution in [0.4, 0.5) is 0 Å². The average Bonchev–Trinajstić information content (AvgIpc) is 3.15. The van der Waals surface area contributed by atoms with E-state index in [2.05, 4.69) is 17.1 Å². The summed E-state index contributed by atoms with van der Waals surface area (Å²) in [6.07, 6.45) is 6.47. The zero-order chi connectivity index (χ0) is 13.1. The zero-order valence-electron chi connectivity index (χ0n) is 12.1. The molecule has 0 spiro atoms. The van der Waals surface area contributed by atoms with E-state index >= 15 is 0 Å². The highest BCUT2D eigenvalue weighted by Crippen LogP contribution is 2.37. The van der Waals surface area contributed by atoms with Crippen LogP contribution in [0, 0.1) is 11.8 Å². The molecule has 1 heterocycles. The number of carbonyl (C=O) groups is 1. The minimum atomic E-state index is 0.103. The zero-order valence-corrected chi connectivity index (χ0v) is 12.1. The van der Waals surface area contributed by atoms with Crippen LogP contribution >= 0.6 is 0 Å². The number of hydrogen-bond acceptors (Lipinski definition) is 2. The van der Waals surface area contributed by atoms with E-state index < -0.39 is 0 Å². The van der Waals surface area contributed by atoms with Gasteiger partial charge in [0.2, 0.25) is 5.91 Å². The second-order valence-electron chi connectivity index (χ2n) is 6.31. The van der Waals surface area contributed by atoms with Crippen LogP contribution in [0.3, 0.4) is 0 Å². The van der Waals surface area contributed by atoms with Gasteiger partial charge in [-0.3, -0.25) is 9.69 Å². The van der Waals surface area contributed by atoms with Gasteiger partial charge in [0.15, 0.2) is 0 Å². The van der Waals surface area contributed by atoms with Crippen molar-refractivity contribution in [3.05, 3.63) is 0 Å². The lowest BCUT2D eigenvalue weighted by atomic mass is 9.99. The van der Waals surface area contributed by atoms with E-state index in [1.54, 1.807) is 0 Å². The fourth-order valence-electron chi connectivity index (χ4n) is 3.16. The van der Waals surface area contributed by atoms with Crippen LogP contribution in [-0.2, 0) is 4.79 Å². The van der Waals surface area contributed by atoms with Crippen LogP contribution in [0.15, 0.2) is 0 Å². The van der Waals surface area contributed by atoms with Crippen LogP contribution in [0.2, 0.25) is 0 Å². The molecule has 3 nitrogen and oxygen atoms in total. The topological polar surface area (TPSA) is 32.3 Å². The number of piperidine rings is 1. The molecule has 0 aromatic rings. The maximum absolute atomic E-state index is 11.8. The van der Waals surface area contributed by atoms with E-state index in [9.17, 15) is 4.79 Å². The summed E-state index contributed by atoms with van der Waals surface area (Å²) in [7, 11) is 0. The molecule has 2 atom stereocenters. The van der Waals surface area contributed by atoms with Crippen LogP contribution in [0.1, 0.15) is 52.9 Å². The summed E-state index contributed by atoms with van der Waals surface area (Å²) in [5.41, 5.74) is 0. The van der Waals surface area contributed by atoms with Crippen LogP contribution in [0.25, 0.3) is 0 Å². The minimum absolute atomic E-state index is 0.103. The van der Waals surface area contributed by atoms with Crippen molar-refractivity contribution >= 4 is 5.91 Å². The van der Waals surface area contributed by atoms with Gasteiger partial charge in [0.25, 0.3) is 0 Å². The number of nitrogens with zero attached hydrogens (tertiary/aromatic N) is 1. The first-order chi connectivity index (χ1) is 8.61. The van der Waals surface area contributed by atoms with E-state index in [0.717, 1.165) is 24.9 Å². The number of amides is 1. The molecule has 0 aromatic carbocycles. The Labute approximate surface area is 111 Å². The van der Waals surface area contributed by atoms with Gasteiger partial charge in [0.1, 0.15) is 0 Å². The van der Waals surface area contributed by atoms with Gasteiger partial charge in [0.05, 0.1) is 0 Å². The summed E-state index contributed by atoms with van der Waals surface area (Å²) < 4.78 is 0. The second kappa shape index (κ2) is 6.05. The molecule has 1 aliphatic heterocycles. The molecule has 2 rings (SSSR count). The van der Waals surface area contributed by atoms with Crippen molar-refractivity contribution in [3.63, 3.8) is 0 Å². The van der Waals surface area contributed by atoms with Crippen molar-refractivity contribution in [2.24, 2.45) is 11.8 Å². The van der Waals surface area contributed by atoms with Crippen LogP contribution in [0.5, 0.6) is 0 Å². The molecule has 0 radical (unpaired) electrons. The molecular weight excluding hydrogens is 224 g/mol. The molecule has 2 aliphatic rings. The lowest BCUT2D eigenvalue weighted by Crippen LogP contribution is -2.52. The molecule has 18 heavy (non-hydrogen) atoms. The quantitative estimate of drug-likeness (QED) is 0.815. The SMILES string of the molecule is CCC(C1CC1)N1CCCC(NC(=O)C(C)C)C1. The standard InChI is InChI=1S/C15H28N2O/c1-4-14(12-7-8-12)17-9-5-6-13(10-17)16-15(18)11(2)3/h11-14H,4-10H2,1-3H3,(H,16,18). The summed E-state index contributed by atoms with van der Waals surface area (Å²) in [5.74, 6) is 1.25. The molecule has 2 unspecified atom stereocenters. The molecule has 1 amide bonds. The lowest BCUT2D eigenvalue weighted by molar-refractivity contribution is -0.125. The highest BCUT2D eigenvalue weighted by Gasteiger charge is 2.36. The number of likely N-dealkylation sites (tertiary alicyclic amines) is 1. The lowest BCUT2D eigenvalue weighted by Gasteiger charge is -2.38. The fourth-order valence-corrected chi connectivity index (χ4v) is 3.16. The summed E-state index contributed by atoms with van der Waals surface area (Å²) in [6.45, 7) is 8.53. The third kappa shape index (κ3) is 3.47. The first kappa shape index (κ1) is 13.9. The van der Waals surface area contributed by atoms with Crippen LogP contribution in [-0.4, -0.2) is 36.0 Å². The highest BCUT2D eigenvalue weighted by molar-refractivity contribution is 5.78. The van der Waals surface area contributed by atoms with Crippen molar-refractivity contribution in [1.82, 2.24) is 10.2 Å².